The summed E-state index contributed by atoms with van der Waals surface area (Å²) in [6, 6.07) is 13.8. The van der Waals surface area contributed by atoms with Crippen LogP contribution in [0.5, 0.6) is 0 Å². The molecule has 2 amide bonds. The second-order valence-corrected chi connectivity index (χ2v) is 11.2. The minimum atomic E-state index is -0.627. The highest BCUT2D eigenvalue weighted by Gasteiger charge is 2.47. The normalized spacial score (nSPS) is 18.2. The summed E-state index contributed by atoms with van der Waals surface area (Å²) in [5, 5.41) is 5.22. The molecule has 2 aromatic carbocycles. The molecule has 0 bridgehead atoms. The van der Waals surface area contributed by atoms with E-state index in [1.807, 2.05) is 12.1 Å². The van der Waals surface area contributed by atoms with Gasteiger partial charge in [0.15, 0.2) is 5.82 Å². The van der Waals surface area contributed by atoms with Crippen LogP contribution < -0.4 is 15.5 Å². The Morgan fingerprint density at radius 3 is 2.68 bits per heavy atom. The number of benzene rings is 2. The maximum Gasteiger partial charge on any atom is 0.319 e. The van der Waals surface area contributed by atoms with Crippen LogP contribution in [0.3, 0.4) is 0 Å². The van der Waals surface area contributed by atoms with Crippen molar-refractivity contribution in [1.29, 1.82) is 0 Å². The predicted molar refractivity (Wildman–Crippen MR) is 146 cm³/mol. The Balaban J connectivity index is 1.46. The number of ether oxygens (including phenoxy) is 1. The quantitative estimate of drug-likeness (QED) is 0.351. The third kappa shape index (κ3) is 6.03. The van der Waals surface area contributed by atoms with Crippen LogP contribution in [-0.4, -0.2) is 55.0 Å². The fourth-order valence-electron chi connectivity index (χ4n) is 4.34. The molecule has 2 N–H and O–H groups in total. The van der Waals surface area contributed by atoms with Crippen molar-refractivity contribution in [3.05, 3.63) is 65.1 Å². The molecule has 11 heteroatoms. The number of urea groups is 1. The zero-order valence-electron chi connectivity index (χ0n) is 20.8. The monoisotopic (exact) mass is 559 g/mol. The number of aromatic nitrogens is 2. The highest BCUT2D eigenvalue weighted by Crippen LogP contribution is 2.59. The fourth-order valence-corrected chi connectivity index (χ4v) is 5.86. The summed E-state index contributed by atoms with van der Waals surface area (Å²) in [5.41, 5.74) is 2.29. The summed E-state index contributed by atoms with van der Waals surface area (Å²) in [6.45, 7) is 3.40. The van der Waals surface area contributed by atoms with Crippen LogP contribution in [0.25, 0.3) is 11.4 Å². The summed E-state index contributed by atoms with van der Waals surface area (Å²) in [4.78, 5) is 24.9. The van der Waals surface area contributed by atoms with Crippen molar-refractivity contribution in [3.8, 4) is 11.4 Å². The lowest BCUT2D eigenvalue weighted by atomic mass is 10.1. The van der Waals surface area contributed by atoms with Gasteiger partial charge in [0.25, 0.3) is 0 Å². The van der Waals surface area contributed by atoms with Gasteiger partial charge in [-0.1, -0.05) is 11.6 Å². The van der Waals surface area contributed by atoms with Crippen LogP contribution in [0, 0.1) is 5.82 Å². The first-order valence-electron chi connectivity index (χ1n) is 12.5. The van der Waals surface area contributed by atoms with Crippen molar-refractivity contribution in [2.24, 2.45) is 0 Å². The van der Waals surface area contributed by atoms with Crippen LogP contribution in [0.2, 0.25) is 5.02 Å². The van der Waals surface area contributed by atoms with Crippen molar-refractivity contribution in [2.45, 2.75) is 35.4 Å². The molecule has 1 aliphatic heterocycles. The number of carbonyl (C=O) groups excluding carboxylic acids is 1. The van der Waals surface area contributed by atoms with E-state index in [-0.39, 0.29) is 22.4 Å². The number of thioether (sulfide) groups is 1. The van der Waals surface area contributed by atoms with E-state index >= 15 is 0 Å². The molecule has 1 saturated heterocycles. The van der Waals surface area contributed by atoms with Crippen LogP contribution in [-0.2, 0) is 9.48 Å². The van der Waals surface area contributed by atoms with Crippen molar-refractivity contribution in [2.75, 3.05) is 43.2 Å². The molecule has 1 saturated carbocycles. The first-order valence-corrected chi connectivity index (χ1v) is 13.7. The van der Waals surface area contributed by atoms with Gasteiger partial charge in [0.05, 0.1) is 34.7 Å². The van der Waals surface area contributed by atoms with E-state index in [4.69, 9.17) is 26.3 Å². The maximum absolute atomic E-state index is 13.7. The van der Waals surface area contributed by atoms with Gasteiger partial charge in [-0.2, -0.15) is 0 Å². The van der Waals surface area contributed by atoms with E-state index in [1.165, 1.54) is 6.07 Å². The van der Waals surface area contributed by atoms with E-state index in [1.54, 1.807) is 36.0 Å². The van der Waals surface area contributed by atoms with Crippen LogP contribution in [0.4, 0.5) is 25.1 Å². The van der Waals surface area contributed by atoms with Gasteiger partial charge >= 0.3 is 6.03 Å². The molecule has 0 radical (unpaired) electrons. The zero-order valence-corrected chi connectivity index (χ0v) is 22.4. The molecule has 7 nitrogen and oxygen atoms in total. The number of hydrogen-bond donors (Lipinski definition) is 2. The SMILES string of the molecule is C[C@H]1COCCN1c1cc(C2(Sc3ccc(F)c(Cl)c3)CC2)nc(-c2ccc(NC(=O)NCCF)cc2)n1. The van der Waals surface area contributed by atoms with Gasteiger partial charge in [-0.15, -0.1) is 11.8 Å². The lowest BCUT2D eigenvalue weighted by Crippen LogP contribution is -2.44. The molecule has 2 aliphatic rings. The molecular formula is C27H28ClF2N5O2S. The maximum atomic E-state index is 13.7. The highest BCUT2D eigenvalue weighted by molar-refractivity contribution is 8.00. The van der Waals surface area contributed by atoms with Crippen molar-refractivity contribution in [1.82, 2.24) is 15.3 Å². The van der Waals surface area contributed by atoms with Gasteiger partial charge < -0.3 is 20.3 Å². The Kier molecular flexibility index (Phi) is 8.01. The van der Waals surface area contributed by atoms with Gasteiger partial charge in [0, 0.05) is 35.3 Å². The molecule has 5 rings (SSSR count). The number of rotatable bonds is 8. The van der Waals surface area contributed by atoms with E-state index in [2.05, 4.69) is 28.5 Å². The lowest BCUT2D eigenvalue weighted by Gasteiger charge is -2.34. The third-order valence-electron chi connectivity index (χ3n) is 6.53. The Hall–Kier alpha value is -2.95. The Bertz CT molecular complexity index is 1310. The summed E-state index contributed by atoms with van der Waals surface area (Å²) in [6.07, 6.45) is 1.86. The first kappa shape index (κ1) is 26.6. The second-order valence-electron chi connectivity index (χ2n) is 9.37. The molecule has 200 valence electrons. The van der Waals surface area contributed by atoms with Crippen LogP contribution >= 0.6 is 23.4 Å². The highest BCUT2D eigenvalue weighted by atomic mass is 35.5. The van der Waals surface area contributed by atoms with Crippen molar-refractivity contribution < 1.29 is 18.3 Å². The second kappa shape index (κ2) is 11.4. The number of halogens is 3. The van der Waals surface area contributed by atoms with Gasteiger partial charge in [-0.05, 0) is 62.2 Å². The number of nitrogens with one attached hydrogen (secondary N) is 2. The number of amides is 2. The molecule has 1 aliphatic carbocycles. The Morgan fingerprint density at radius 2 is 2.00 bits per heavy atom. The molecule has 1 atom stereocenters. The molecule has 0 spiro atoms. The van der Waals surface area contributed by atoms with Crippen molar-refractivity contribution >= 4 is 40.9 Å². The zero-order chi connectivity index (χ0) is 26.7. The molecule has 0 unspecified atom stereocenters. The van der Waals surface area contributed by atoms with Crippen LogP contribution in [0.15, 0.2) is 53.4 Å². The predicted octanol–water partition coefficient (Wildman–Crippen LogP) is 6.03. The first-order chi connectivity index (χ1) is 18.4. The number of hydrogen-bond acceptors (Lipinski definition) is 6. The van der Waals surface area contributed by atoms with Gasteiger partial charge in [0.2, 0.25) is 0 Å². The standard InChI is InChI=1S/C27H28ClF2N5O2S/c1-17-16-37-13-12-35(17)24-15-23(27(8-9-27)38-20-6-7-22(30)21(28)14-20)33-25(34-24)18-2-4-19(5-3-18)32-26(36)31-11-10-29/h2-7,14-15,17H,8-13,16H2,1H3,(H2,31,32,36)/t17-/m0/s1. The third-order valence-corrected chi connectivity index (χ3v) is 8.32. The van der Waals surface area contributed by atoms with Gasteiger partial charge in [0.1, 0.15) is 18.3 Å². The van der Waals surface area contributed by atoms with Crippen molar-refractivity contribution in [3.63, 3.8) is 0 Å². The van der Waals surface area contributed by atoms with E-state index in [9.17, 15) is 13.6 Å². The number of carbonyl (C=O) groups is 1. The molecule has 3 aromatic rings. The number of alkyl halides is 1. The van der Waals surface area contributed by atoms with Gasteiger partial charge in [-0.3, -0.25) is 0 Å². The summed E-state index contributed by atoms with van der Waals surface area (Å²) >= 11 is 7.69. The molecule has 2 heterocycles. The van der Waals surface area contributed by atoms with E-state index in [0.717, 1.165) is 41.4 Å². The van der Waals surface area contributed by atoms with E-state index < -0.39 is 18.5 Å². The molecule has 1 aromatic heterocycles. The summed E-state index contributed by atoms with van der Waals surface area (Å²) in [5.74, 6) is 0.970. The van der Waals surface area contributed by atoms with E-state index in [0.29, 0.717) is 24.7 Å². The van der Waals surface area contributed by atoms with Crippen LogP contribution in [0.1, 0.15) is 25.5 Å². The largest absolute Gasteiger partial charge is 0.377 e. The summed E-state index contributed by atoms with van der Waals surface area (Å²) in [7, 11) is 0. The fraction of sp³-hybridized carbons (Fsp3) is 0.370. The van der Waals surface area contributed by atoms with Gasteiger partial charge in [-0.25, -0.2) is 23.5 Å². The topological polar surface area (TPSA) is 79.4 Å². The Labute approximate surface area is 229 Å². The average molecular weight is 560 g/mol. The molecule has 38 heavy (non-hydrogen) atoms. The number of nitrogens with zero attached hydrogens (tertiary/aromatic N) is 3. The molecule has 2 fully saturated rings. The molecular weight excluding hydrogens is 532 g/mol. The average Bonchev–Trinajstić information content (AvgIpc) is 3.70. The lowest BCUT2D eigenvalue weighted by molar-refractivity contribution is 0.0985. The summed E-state index contributed by atoms with van der Waals surface area (Å²) < 4.78 is 31.4. The smallest absolute Gasteiger partial charge is 0.319 e. The Morgan fingerprint density at radius 1 is 1.21 bits per heavy atom. The number of morpholine rings is 1. The number of anilines is 2. The minimum Gasteiger partial charge on any atom is -0.377 e. The minimum absolute atomic E-state index is 0.0445.